The van der Waals surface area contributed by atoms with Crippen LogP contribution in [-0.2, 0) is 24.1 Å². The molecule has 7 nitrogen and oxygen atoms in total. The Hall–Kier alpha value is -4.26. The molecule has 168 valence electrons. The molecule has 0 aliphatic carbocycles. The van der Waals surface area contributed by atoms with E-state index < -0.39 is 5.97 Å². The number of hydrogen-bond acceptors (Lipinski definition) is 5. The molecule has 7 heteroatoms. The molecule has 6 rings (SSSR count). The minimum absolute atomic E-state index is 0.0761. The van der Waals surface area contributed by atoms with Crippen molar-refractivity contribution in [3.8, 4) is 0 Å². The van der Waals surface area contributed by atoms with E-state index in [1.165, 1.54) is 0 Å². The Bertz CT molecular complexity index is 1520. The van der Waals surface area contributed by atoms with Crippen LogP contribution in [0.15, 0.2) is 71.5 Å². The summed E-state index contributed by atoms with van der Waals surface area (Å²) >= 11 is 0. The van der Waals surface area contributed by atoms with Gasteiger partial charge in [0, 0.05) is 30.6 Å². The van der Waals surface area contributed by atoms with E-state index >= 15 is 0 Å². The molecule has 0 saturated heterocycles. The molecular formula is C27H21N3O4. The van der Waals surface area contributed by atoms with E-state index in [-0.39, 0.29) is 17.6 Å². The number of rotatable bonds is 3. The summed E-state index contributed by atoms with van der Waals surface area (Å²) in [5.41, 5.74) is 3.68. The smallest absolute Gasteiger partial charge is 0.339 e. The molecule has 2 aliphatic rings. The summed E-state index contributed by atoms with van der Waals surface area (Å²) in [6, 6.07) is 19.7. The Balaban J connectivity index is 1.28. The van der Waals surface area contributed by atoms with Gasteiger partial charge in [-0.2, -0.15) is 0 Å². The number of benzene rings is 3. The third-order valence-corrected chi connectivity index (χ3v) is 6.49. The lowest BCUT2D eigenvalue weighted by molar-refractivity contribution is 0.0252. The maximum atomic E-state index is 13.0. The average Bonchev–Trinajstić information content (AvgIpc) is 3.33. The van der Waals surface area contributed by atoms with Gasteiger partial charge in [-0.15, -0.1) is 0 Å². The molecule has 0 bridgehead atoms. The number of anilines is 1. The van der Waals surface area contributed by atoms with E-state index in [1.807, 2.05) is 30.3 Å². The lowest BCUT2D eigenvalue weighted by atomic mass is 9.93. The molecule has 0 spiro atoms. The fraction of sp³-hybridized carbons (Fsp3) is 0.185. The van der Waals surface area contributed by atoms with Crippen LogP contribution in [0.4, 0.5) is 5.69 Å². The third-order valence-electron chi connectivity index (χ3n) is 6.49. The van der Waals surface area contributed by atoms with Crippen LogP contribution in [0.3, 0.4) is 0 Å². The Morgan fingerprint density at radius 1 is 1.03 bits per heavy atom. The fourth-order valence-corrected chi connectivity index (χ4v) is 4.76. The quantitative estimate of drug-likeness (QED) is 0.475. The highest BCUT2D eigenvalue weighted by Gasteiger charge is 2.28. The number of hydrogen-bond donors (Lipinski definition) is 1. The predicted molar refractivity (Wildman–Crippen MR) is 127 cm³/mol. The summed E-state index contributed by atoms with van der Waals surface area (Å²) in [4.78, 5) is 43.0. The first-order valence-electron chi connectivity index (χ1n) is 11.3. The summed E-state index contributed by atoms with van der Waals surface area (Å²) in [5, 5.41) is 3.36. The van der Waals surface area contributed by atoms with Crippen LogP contribution in [0.25, 0.3) is 10.9 Å². The van der Waals surface area contributed by atoms with Crippen molar-refractivity contribution < 1.29 is 14.3 Å². The Labute approximate surface area is 195 Å². The van der Waals surface area contributed by atoms with Crippen molar-refractivity contribution in [1.82, 2.24) is 9.55 Å². The third kappa shape index (κ3) is 3.46. The van der Waals surface area contributed by atoms with Gasteiger partial charge in [0.15, 0.2) is 0 Å². The summed E-state index contributed by atoms with van der Waals surface area (Å²) < 4.78 is 7.31. The largest absolute Gasteiger partial charge is 0.454 e. The Morgan fingerprint density at radius 3 is 2.74 bits per heavy atom. The number of aromatic nitrogens is 2. The summed E-state index contributed by atoms with van der Waals surface area (Å²) in [6.45, 7) is 0.676. The Kier molecular flexibility index (Phi) is 4.76. The molecule has 3 heterocycles. The van der Waals surface area contributed by atoms with Gasteiger partial charge < -0.3 is 10.1 Å². The van der Waals surface area contributed by atoms with Gasteiger partial charge in [0.25, 0.3) is 11.5 Å². The lowest BCUT2D eigenvalue weighted by Crippen LogP contribution is -2.23. The minimum atomic E-state index is -0.392. The first kappa shape index (κ1) is 20.4. The number of carbonyl (C=O) groups is 2. The van der Waals surface area contributed by atoms with E-state index in [0.29, 0.717) is 40.7 Å². The van der Waals surface area contributed by atoms with Crippen LogP contribution in [0.5, 0.6) is 0 Å². The highest BCUT2D eigenvalue weighted by atomic mass is 16.5. The van der Waals surface area contributed by atoms with Crippen LogP contribution < -0.4 is 10.9 Å². The molecule has 0 fully saturated rings. The lowest BCUT2D eigenvalue weighted by Gasteiger charge is -2.25. The monoisotopic (exact) mass is 451 g/mol. The zero-order chi connectivity index (χ0) is 23.2. The normalized spacial score (nSPS) is 16.6. The SMILES string of the molecule is O=C(Nc1ccc2nc3n(c(=O)c2c1)CCC3)c1ccc2c(c1)CC(c1ccccc1)OC2=O. The highest BCUT2D eigenvalue weighted by Crippen LogP contribution is 2.31. The number of amides is 1. The van der Waals surface area contributed by atoms with E-state index in [9.17, 15) is 14.4 Å². The van der Waals surface area contributed by atoms with Gasteiger partial charge in [0.05, 0.1) is 16.5 Å². The number of esters is 1. The molecule has 3 aromatic carbocycles. The van der Waals surface area contributed by atoms with Gasteiger partial charge in [-0.3, -0.25) is 14.2 Å². The fourth-order valence-electron chi connectivity index (χ4n) is 4.76. The highest BCUT2D eigenvalue weighted by molar-refractivity contribution is 6.06. The molecule has 1 aromatic heterocycles. The molecule has 34 heavy (non-hydrogen) atoms. The number of aryl methyl sites for hydroxylation is 1. The standard InChI is InChI=1S/C27H21N3O4/c31-25(28-19-9-11-22-21(15-19)26(32)30-12-4-7-24(30)29-22)17-8-10-20-18(13-17)14-23(34-27(20)33)16-5-2-1-3-6-16/h1-3,5-6,8-11,13,15,23H,4,7,12,14H2,(H,28,31). The predicted octanol–water partition coefficient (Wildman–Crippen LogP) is 4.05. The van der Waals surface area contributed by atoms with Gasteiger partial charge in [-0.1, -0.05) is 30.3 Å². The Morgan fingerprint density at radius 2 is 1.88 bits per heavy atom. The molecule has 1 atom stereocenters. The number of fused-ring (bicyclic) bond motifs is 3. The molecule has 2 aliphatic heterocycles. The molecule has 0 saturated carbocycles. The van der Waals surface area contributed by atoms with Crippen LogP contribution in [0.1, 0.15) is 50.2 Å². The van der Waals surface area contributed by atoms with Crippen LogP contribution in [0.2, 0.25) is 0 Å². The summed E-state index contributed by atoms with van der Waals surface area (Å²) in [5.74, 6) is 0.111. The summed E-state index contributed by atoms with van der Waals surface area (Å²) in [6.07, 6.45) is 1.83. The van der Waals surface area contributed by atoms with Crippen molar-refractivity contribution >= 4 is 28.5 Å². The molecule has 4 aromatic rings. The van der Waals surface area contributed by atoms with Gasteiger partial charge in [0.2, 0.25) is 0 Å². The van der Waals surface area contributed by atoms with Crippen molar-refractivity contribution in [1.29, 1.82) is 0 Å². The van der Waals surface area contributed by atoms with E-state index in [0.717, 1.165) is 29.8 Å². The van der Waals surface area contributed by atoms with Crippen molar-refractivity contribution in [3.63, 3.8) is 0 Å². The second-order valence-electron chi connectivity index (χ2n) is 8.66. The van der Waals surface area contributed by atoms with Crippen molar-refractivity contribution in [3.05, 3.63) is 105 Å². The van der Waals surface area contributed by atoms with E-state index in [4.69, 9.17) is 4.74 Å². The van der Waals surface area contributed by atoms with Crippen molar-refractivity contribution in [2.75, 3.05) is 5.32 Å². The second-order valence-corrected chi connectivity index (χ2v) is 8.66. The zero-order valence-electron chi connectivity index (χ0n) is 18.3. The average molecular weight is 451 g/mol. The number of carbonyl (C=O) groups excluding carboxylic acids is 2. The molecular weight excluding hydrogens is 430 g/mol. The van der Waals surface area contributed by atoms with Crippen molar-refractivity contribution in [2.45, 2.75) is 31.9 Å². The first-order valence-corrected chi connectivity index (χ1v) is 11.3. The second kappa shape index (κ2) is 7.95. The molecule has 1 unspecified atom stereocenters. The van der Waals surface area contributed by atoms with Gasteiger partial charge in [-0.25, -0.2) is 9.78 Å². The molecule has 1 N–H and O–H groups in total. The van der Waals surface area contributed by atoms with Gasteiger partial charge in [0.1, 0.15) is 11.9 Å². The zero-order valence-corrected chi connectivity index (χ0v) is 18.3. The maximum Gasteiger partial charge on any atom is 0.339 e. The van der Waals surface area contributed by atoms with Gasteiger partial charge >= 0.3 is 5.97 Å². The van der Waals surface area contributed by atoms with Crippen LogP contribution >= 0.6 is 0 Å². The number of cyclic esters (lactones) is 1. The topological polar surface area (TPSA) is 90.3 Å². The van der Waals surface area contributed by atoms with Crippen LogP contribution in [-0.4, -0.2) is 21.4 Å². The molecule has 1 amide bonds. The molecule has 0 radical (unpaired) electrons. The van der Waals surface area contributed by atoms with E-state index in [1.54, 1.807) is 41.0 Å². The minimum Gasteiger partial charge on any atom is -0.454 e. The summed E-state index contributed by atoms with van der Waals surface area (Å²) in [7, 11) is 0. The number of nitrogens with one attached hydrogen (secondary N) is 1. The maximum absolute atomic E-state index is 13.0. The first-order chi connectivity index (χ1) is 16.6. The van der Waals surface area contributed by atoms with Crippen LogP contribution in [0, 0.1) is 0 Å². The van der Waals surface area contributed by atoms with E-state index in [2.05, 4.69) is 10.3 Å². The number of ether oxygens (including phenoxy) is 1. The van der Waals surface area contributed by atoms with Crippen molar-refractivity contribution in [2.24, 2.45) is 0 Å². The van der Waals surface area contributed by atoms with Gasteiger partial charge in [-0.05, 0) is 53.9 Å². The number of nitrogens with zero attached hydrogens (tertiary/aromatic N) is 2.